The van der Waals surface area contributed by atoms with Gasteiger partial charge in [-0.25, -0.2) is 9.59 Å². The first kappa shape index (κ1) is 26.0. The van der Waals surface area contributed by atoms with Crippen molar-refractivity contribution in [3.8, 4) is 6.07 Å². The standard InChI is InChI=1S/C31H23ClN2O5/c1-3-38-28(35)19(2)31(16-23-22-11-7-8-12-27(22)39-29(36)24(23)17-33)25-15-21(32)13-14-26(25)34(30(31)37)18-20-9-5-4-6-10-20/h4-15H,2-3,16,18H2,1H3. The van der Waals surface area contributed by atoms with E-state index in [9.17, 15) is 19.6 Å². The number of rotatable bonds is 7. The molecule has 0 aliphatic carbocycles. The third-order valence-electron chi connectivity index (χ3n) is 7.01. The summed E-state index contributed by atoms with van der Waals surface area (Å²) in [4.78, 5) is 42.3. The minimum absolute atomic E-state index is 0.0690. The maximum absolute atomic E-state index is 14.6. The average molecular weight is 539 g/mol. The fraction of sp³-hybridized carbons (Fsp3) is 0.161. The van der Waals surface area contributed by atoms with E-state index in [0.29, 0.717) is 21.7 Å². The van der Waals surface area contributed by atoms with Gasteiger partial charge in [0.15, 0.2) is 0 Å². The lowest BCUT2D eigenvalue weighted by Gasteiger charge is -2.31. The quantitative estimate of drug-likeness (QED) is 0.176. The smallest absolute Gasteiger partial charge is 0.354 e. The number of fused-ring (bicyclic) bond motifs is 2. The van der Waals surface area contributed by atoms with Gasteiger partial charge in [0.25, 0.3) is 0 Å². The first-order valence-corrected chi connectivity index (χ1v) is 12.7. The largest absolute Gasteiger partial charge is 0.463 e. The van der Waals surface area contributed by atoms with Gasteiger partial charge in [-0.2, -0.15) is 5.26 Å². The molecule has 3 aromatic carbocycles. The van der Waals surface area contributed by atoms with Gasteiger partial charge in [0.1, 0.15) is 22.6 Å². The zero-order chi connectivity index (χ0) is 27.7. The molecule has 0 N–H and O–H groups in total. The predicted octanol–water partition coefficient (Wildman–Crippen LogP) is 5.46. The SMILES string of the molecule is C=C(C(=O)OCC)C1(Cc2c(C#N)c(=O)oc3ccccc23)C(=O)N(Cc2ccccc2)c2ccc(Cl)cc21. The molecule has 0 spiro atoms. The zero-order valence-electron chi connectivity index (χ0n) is 21.1. The number of nitrogens with zero attached hydrogens (tertiary/aromatic N) is 2. The number of halogens is 1. The van der Waals surface area contributed by atoms with Crippen molar-refractivity contribution in [2.24, 2.45) is 0 Å². The summed E-state index contributed by atoms with van der Waals surface area (Å²) in [5.74, 6) is -1.20. The van der Waals surface area contributed by atoms with Crippen LogP contribution in [-0.2, 0) is 32.7 Å². The molecule has 1 aliphatic rings. The Morgan fingerprint density at radius 2 is 1.82 bits per heavy atom. The molecule has 1 amide bonds. The zero-order valence-corrected chi connectivity index (χ0v) is 21.8. The summed E-state index contributed by atoms with van der Waals surface area (Å²) in [7, 11) is 0. The second kappa shape index (κ2) is 10.2. The summed E-state index contributed by atoms with van der Waals surface area (Å²) in [5, 5.41) is 10.8. The number of carbonyl (C=O) groups excluding carboxylic acids is 2. The molecule has 0 saturated carbocycles. The summed E-state index contributed by atoms with van der Waals surface area (Å²) < 4.78 is 10.7. The minimum atomic E-state index is -1.70. The number of amides is 1. The molecule has 1 unspecified atom stereocenters. The number of anilines is 1. The van der Waals surface area contributed by atoms with Crippen LogP contribution in [0.2, 0.25) is 5.02 Å². The van der Waals surface area contributed by atoms with Crippen molar-refractivity contribution in [3.63, 3.8) is 0 Å². The Morgan fingerprint density at radius 3 is 2.54 bits per heavy atom. The second-order valence-corrected chi connectivity index (χ2v) is 9.61. The molecule has 1 aliphatic heterocycles. The Bertz CT molecular complexity index is 1740. The third-order valence-corrected chi connectivity index (χ3v) is 7.25. The summed E-state index contributed by atoms with van der Waals surface area (Å²) >= 11 is 6.44. The summed E-state index contributed by atoms with van der Waals surface area (Å²) in [5.41, 5.74) is -0.517. The molecule has 2 heterocycles. The minimum Gasteiger partial charge on any atom is -0.463 e. The Balaban J connectivity index is 1.80. The van der Waals surface area contributed by atoms with Crippen molar-refractivity contribution in [3.05, 3.63) is 123 Å². The Hall–Kier alpha value is -4.67. The van der Waals surface area contributed by atoms with Crippen molar-refractivity contribution >= 4 is 40.1 Å². The van der Waals surface area contributed by atoms with Gasteiger partial charge in [0.2, 0.25) is 5.91 Å². The van der Waals surface area contributed by atoms with Crippen LogP contribution in [0, 0.1) is 11.3 Å². The Morgan fingerprint density at radius 1 is 1.10 bits per heavy atom. The van der Waals surface area contributed by atoms with E-state index >= 15 is 0 Å². The van der Waals surface area contributed by atoms with Gasteiger partial charge in [0.05, 0.1) is 18.7 Å². The molecule has 39 heavy (non-hydrogen) atoms. The number of para-hydroxylation sites is 1. The molecular weight excluding hydrogens is 516 g/mol. The van der Waals surface area contributed by atoms with Crippen molar-refractivity contribution in [2.75, 3.05) is 11.5 Å². The highest BCUT2D eigenvalue weighted by Crippen LogP contribution is 2.50. The average Bonchev–Trinajstić information content (AvgIpc) is 3.16. The molecule has 194 valence electrons. The van der Waals surface area contributed by atoms with Gasteiger partial charge in [-0.3, -0.25) is 4.79 Å². The van der Waals surface area contributed by atoms with E-state index in [4.69, 9.17) is 20.8 Å². The number of hydrogen-bond acceptors (Lipinski definition) is 6. The number of carbonyl (C=O) groups is 2. The van der Waals surface area contributed by atoms with E-state index in [0.717, 1.165) is 5.56 Å². The highest BCUT2D eigenvalue weighted by Gasteiger charge is 2.55. The lowest BCUT2D eigenvalue weighted by Crippen LogP contribution is -2.45. The fourth-order valence-corrected chi connectivity index (χ4v) is 5.37. The van der Waals surface area contributed by atoms with E-state index in [-0.39, 0.29) is 41.9 Å². The molecule has 0 radical (unpaired) electrons. The number of nitriles is 1. The van der Waals surface area contributed by atoms with Gasteiger partial charge in [-0.1, -0.05) is 66.7 Å². The van der Waals surface area contributed by atoms with E-state index in [1.165, 1.54) is 0 Å². The normalized spacial score (nSPS) is 16.1. The molecule has 7 nitrogen and oxygen atoms in total. The van der Waals surface area contributed by atoms with Gasteiger partial charge < -0.3 is 14.1 Å². The van der Waals surface area contributed by atoms with Gasteiger partial charge >= 0.3 is 11.6 Å². The Kier molecular flexibility index (Phi) is 6.81. The van der Waals surface area contributed by atoms with Gasteiger partial charge in [0, 0.05) is 16.1 Å². The van der Waals surface area contributed by atoms with Crippen molar-refractivity contribution in [1.29, 1.82) is 5.26 Å². The predicted molar refractivity (Wildman–Crippen MR) is 147 cm³/mol. The summed E-state index contributed by atoms with van der Waals surface area (Å²) in [6, 6.07) is 23.1. The maximum Gasteiger partial charge on any atom is 0.354 e. The van der Waals surface area contributed by atoms with Crippen molar-refractivity contribution in [1.82, 2.24) is 0 Å². The molecule has 4 aromatic rings. The van der Waals surface area contributed by atoms with Crippen LogP contribution in [-0.4, -0.2) is 18.5 Å². The van der Waals surface area contributed by atoms with Crippen LogP contribution in [0.15, 0.2) is 94.2 Å². The number of benzene rings is 3. The van der Waals surface area contributed by atoms with Crippen LogP contribution in [0.5, 0.6) is 0 Å². The highest BCUT2D eigenvalue weighted by molar-refractivity contribution is 6.31. The van der Waals surface area contributed by atoms with Crippen LogP contribution in [0.4, 0.5) is 5.69 Å². The van der Waals surface area contributed by atoms with Crippen LogP contribution >= 0.6 is 11.6 Å². The van der Waals surface area contributed by atoms with Crippen molar-refractivity contribution < 1.29 is 18.7 Å². The second-order valence-electron chi connectivity index (χ2n) is 9.17. The van der Waals surface area contributed by atoms with E-state index in [2.05, 4.69) is 6.58 Å². The maximum atomic E-state index is 14.6. The Labute approximate surface area is 229 Å². The van der Waals surface area contributed by atoms with Crippen LogP contribution in [0.3, 0.4) is 0 Å². The number of ether oxygens (including phenoxy) is 1. The highest BCUT2D eigenvalue weighted by atomic mass is 35.5. The van der Waals surface area contributed by atoms with E-state index in [1.807, 2.05) is 36.4 Å². The molecule has 0 bridgehead atoms. The number of hydrogen-bond donors (Lipinski definition) is 0. The molecule has 8 heteroatoms. The van der Waals surface area contributed by atoms with Gasteiger partial charge in [-0.15, -0.1) is 0 Å². The summed E-state index contributed by atoms with van der Waals surface area (Å²) in [6.07, 6.45) is -0.211. The monoisotopic (exact) mass is 538 g/mol. The molecule has 5 rings (SSSR count). The molecular formula is C31H23ClN2O5. The van der Waals surface area contributed by atoms with Crippen molar-refractivity contribution in [2.45, 2.75) is 25.3 Å². The lowest BCUT2D eigenvalue weighted by molar-refractivity contribution is -0.140. The molecule has 0 saturated heterocycles. The van der Waals surface area contributed by atoms with Crippen LogP contribution in [0.1, 0.15) is 29.2 Å². The van der Waals surface area contributed by atoms with Crippen LogP contribution in [0.25, 0.3) is 11.0 Å². The molecule has 1 atom stereocenters. The first-order chi connectivity index (χ1) is 18.8. The molecule has 0 fully saturated rings. The topological polar surface area (TPSA) is 101 Å². The van der Waals surface area contributed by atoms with Gasteiger partial charge in [-0.05, 0) is 54.3 Å². The first-order valence-electron chi connectivity index (χ1n) is 12.3. The third kappa shape index (κ3) is 4.29. The number of esters is 1. The lowest BCUT2D eigenvalue weighted by atomic mass is 9.70. The van der Waals surface area contributed by atoms with E-state index in [1.54, 1.807) is 54.3 Å². The van der Waals surface area contributed by atoms with E-state index < -0.39 is 22.9 Å². The fourth-order valence-electron chi connectivity index (χ4n) is 5.20. The van der Waals surface area contributed by atoms with Crippen LogP contribution < -0.4 is 10.5 Å². The molecule has 1 aromatic heterocycles. The summed E-state index contributed by atoms with van der Waals surface area (Å²) in [6.45, 7) is 6.00.